The average molecular weight is 539 g/mol. The number of H-pyrrole nitrogens is 1. The molecule has 10 N–H and O–H groups in total. The highest BCUT2D eigenvalue weighted by Crippen LogP contribution is 2.19. The van der Waals surface area contributed by atoms with Gasteiger partial charge < -0.3 is 42.6 Å². The van der Waals surface area contributed by atoms with Gasteiger partial charge in [-0.1, -0.05) is 30.3 Å². The second-order valence-electron chi connectivity index (χ2n) is 8.95. The van der Waals surface area contributed by atoms with Crippen molar-refractivity contribution in [3.8, 4) is 5.75 Å². The fraction of sp³-hybridized carbons (Fsp3) is 0.269. The zero-order valence-electron chi connectivity index (χ0n) is 20.8. The maximum atomic E-state index is 13.3. The Morgan fingerprint density at radius 1 is 0.897 bits per heavy atom. The number of aromatic hydroxyl groups is 1. The molecule has 0 radical (unpaired) electrons. The Kier molecular flexibility index (Phi) is 9.59. The lowest BCUT2D eigenvalue weighted by Crippen LogP contribution is -2.55. The van der Waals surface area contributed by atoms with Crippen LogP contribution in [0.4, 0.5) is 0 Å². The summed E-state index contributed by atoms with van der Waals surface area (Å²) in [6.45, 7) is -0.543. The summed E-state index contributed by atoms with van der Waals surface area (Å²) in [5.74, 6) is -4.32. The fourth-order valence-corrected chi connectivity index (χ4v) is 3.92. The van der Waals surface area contributed by atoms with Gasteiger partial charge in [0.25, 0.3) is 0 Å². The number of rotatable bonds is 13. The standard InChI is InChI=1S/C26H30N6O7/c27-18(11-22(28)34)24(36)30-13-23(35)31-20(10-15-12-29-19-4-2-1-3-17(15)19)25(37)32-21(26(38)39)9-14-5-7-16(33)8-6-14/h1-8,12,18,20-21,29,33H,9-11,13,27H2,(H2,28,34)(H,30,36)(H,31,35)(H,32,37)(H,38,39). The number of carbonyl (C=O) groups is 5. The number of hydrogen-bond donors (Lipinski definition) is 8. The van der Waals surface area contributed by atoms with Crippen molar-refractivity contribution in [1.29, 1.82) is 0 Å². The number of nitrogens with one attached hydrogen (secondary N) is 4. The van der Waals surface area contributed by atoms with Crippen LogP contribution in [0, 0.1) is 0 Å². The SMILES string of the molecule is NC(=O)CC(N)C(=O)NCC(=O)NC(Cc1c[nH]c2ccccc12)C(=O)NC(Cc1ccc(O)cc1)C(=O)O. The number of nitrogens with two attached hydrogens (primary N) is 2. The minimum atomic E-state index is -1.32. The summed E-state index contributed by atoms with van der Waals surface area (Å²) in [5.41, 5.74) is 12.7. The maximum Gasteiger partial charge on any atom is 0.326 e. The molecule has 13 nitrogen and oxygen atoms in total. The number of hydrogen-bond acceptors (Lipinski definition) is 7. The second-order valence-corrected chi connectivity index (χ2v) is 8.95. The number of carbonyl (C=O) groups excluding carboxylic acids is 4. The Morgan fingerprint density at radius 3 is 2.26 bits per heavy atom. The third-order valence-corrected chi connectivity index (χ3v) is 5.92. The molecule has 1 heterocycles. The van der Waals surface area contributed by atoms with Crippen molar-refractivity contribution >= 4 is 40.5 Å². The molecule has 39 heavy (non-hydrogen) atoms. The number of para-hydroxylation sites is 1. The fourth-order valence-electron chi connectivity index (χ4n) is 3.92. The van der Waals surface area contributed by atoms with Crippen LogP contribution in [-0.2, 0) is 36.8 Å². The van der Waals surface area contributed by atoms with Crippen LogP contribution < -0.4 is 27.4 Å². The van der Waals surface area contributed by atoms with Gasteiger partial charge in [0.2, 0.25) is 23.6 Å². The molecule has 13 heteroatoms. The van der Waals surface area contributed by atoms with E-state index >= 15 is 0 Å². The summed E-state index contributed by atoms with van der Waals surface area (Å²) in [6, 6.07) is 9.44. The summed E-state index contributed by atoms with van der Waals surface area (Å²) >= 11 is 0. The Bertz CT molecular complexity index is 1350. The van der Waals surface area contributed by atoms with Gasteiger partial charge in [-0.3, -0.25) is 19.2 Å². The molecule has 2 aromatic carbocycles. The number of aliphatic carboxylic acids is 1. The van der Waals surface area contributed by atoms with Crippen LogP contribution in [0.3, 0.4) is 0 Å². The molecule has 3 atom stereocenters. The highest BCUT2D eigenvalue weighted by molar-refractivity contribution is 5.94. The van der Waals surface area contributed by atoms with Crippen molar-refractivity contribution < 1.29 is 34.2 Å². The maximum absolute atomic E-state index is 13.3. The van der Waals surface area contributed by atoms with E-state index in [4.69, 9.17) is 11.5 Å². The Morgan fingerprint density at radius 2 is 1.59 bits per heavy atom. The Balaban J connectivity index is 1.74. The predicted octanol–water partition coefficient (Wildman–Crippen LogP) is -0.968. The van der Waals surface area contributed by atoms with Crippen molar-refractivity contribution in [1.82, 2.24) is 20.9 Å². The number of amides is 4. The normalized spacial score (nSPS) is 13.2. The first kappa shape index (κ1) is 28.7. The first-order valence-corrected chi connectivity index (χ1v) is 12.0. The zero-order valence-corrected chi connectivity index (χ0v) is 20.8. The highest BCUT2D eigenvalue weighted by Gasteiger charge is 2.28. The molecule has 0 bridgehead atoms. The van der Waals surface area contributed by atoms with Gasteiger partial charge in [-0.25, -0.2) is 4.79 Å². The van der Waals surface area contributed by atoms with E-state index in [0.29, 0.717) is 11.1 Å². The number of phenolic OH excluding ortho intramolecular Hbond substituents is 1. The van der Waals surface area contributed by atoms with Crippen LogP contribution in [0.15, 0.2) is 54.7 Å². The molecular weight excluding hydrogens is 508 g/mol. The van der Waals surface area contributed by atoms with Crippen LogP contribution >= 0.6 is 0 Å². The van der Waals surface area contributed by atoms with Gasteiger partial charge in [-0.05, 0) is 29.3 Å². The Labute approximate surface area is 222 Å². The summed E-state index contributed by atoms with van der Waals surface area (Å²) in [4.78, 5) is 63.9. The molecule has 206 valence electrons. The molecule has 0 aliphatic rings. The number of carboxylic acid groups (broad SMARTS) is 1. The molecule has 3 rings (SSSR count). The van der Waals surface area contributed by atoms with Crippen LogP contribution in [0.25, 0.3) is 10.9 Å². The van der Waals surface area contributed by atoms with Crippen molar-refractivity contribution in [2.45, 2.75) is 37.4 Å². The first-order valence-electron chi connectivity index (χ1n) is 12.0. The molecule has 0 saturated heterocycles. The predicted molar refractivity (Wildman–Crippen MR) is 140 cm³/mol. The molecule has 0 aliphatic carbocycles. The quantitative estimate of drug-likeness (QED) is 0.135. The second kappa shape index (κ2) is 13.1. The van der Waals surface area contributed by atoms with Crippen molar-refractivity contribution in [3.63, 3.8) is 0 Å². The minimum Gasteiger partial charge on any atom is -0.508 e. The number of carboxylic acids is 1. The highest BCUT2D eigenvalue weighted by atomic mass is 16.4. The van der Waals surface area contributed by atoms with Gasteiger partial charge in [-0.15, -0.1) is 0 Å². The Hall–Kier alpha value is -4.91. The van der Waals surface area contributed by atoms with Gasteiger partial charge in [0.05, 0.1) is 19.0 Å². The molecule has 0 saturated carbocycles. The number of benzene rings is 2. The number of aromatic amines is 1. The molecule has 3 aromatic rings. The number of fused-ring (bicyclic) bond motifs is 1. The van der Waals surface area contributed by atoms with Crippen molar-refractivity contribution in [2.24, 2.45) is 11.5 Å². The summed E-state index contributed by atoms with van der Waals surface area (Å²) in [6.07, 6.45) is 1.23. The molecule has 0 aliphatic heterocycles. The smallest absolute Gasteiger partial charge is 0.326 e. The van der Waals surface area contributed by atoms with Crippen LogP contribution in [0.1, 0.15) is 17.5 Å². The summed E-state index contributed by atoms with van der Waals surface area (Å²) in [7, 11) is 0. The molecule has 4 amide bonds. The van der Waals surface area contributed by atoms with Gasteiger partial charge in [0.1, 0.15) is 17.8 Å². The van der Waals surface area contributed by atoms with Gasteiger partial charge in [0.15, 0.2) is 0 Å². The molecular formula is C26H30N6O7. The number of phenols is 1. The topological polar surface area (TPSA) is 230 Å². The molecule has 0 fully saturated rings. The zero-order chi connectivity index (χ0) is 28.5. The molecule has 1 aromatic heterocycles. The van der Waals surface area contributed by atoms with E-state index in [-0.39, 0.29) is 18.6 Å². The van der Waals surface area contributed by atoms with E-state index in [2.05, 4.69) is 20.9 Å². The van der Waals surface area contributed by atoms with Crippen LogP contribution in [0.2, 0.25) is 0 Å². The lowest BCUT2D eigenvalue weighted by atomic mass is 10.0. The molecule has 0 spiro atoms. The monoisotopic (exact) mass is 538 g/mol. The van der Waals surface area contributed by atoms with E-state index in [1.165, 1.54) is 24.3 Å². The first-order chi connectivity index (χ1) is 18.5. The summed E-state index contributed by atoms with van der Waals surface area (Å²) < 4.78 is 0. The third kappa shape index (κ3) is 8.30. The molecule has 3 unspecified atom stereocenters. The van der Waals surface area contributed by atoms with E-state index < -0.39 is 60.7 Å². The van der Waals surface area contributed by atoms with Gasteiger partial charge in [0, 0.05) is 29.9 Å². The largest absolute Gasteiger partial charge is 0.508 e. The van der Waals surface area contributed by atoms with Gasteiger partial charge in [-0.2, -0.15) is 0 Å². The van der Waals surface area contributed by atoms with E-state index in [1.54, 1.807) is 6.20 Å². The van der Waals surface area contributed by atoms with E-state index in [9.17, 15) is 34.2 Å². The lowest BCUT2D eigenvalue weighted by Gasteiger charge is -2.22. The number of aromatic nitrogens is 1. The average Bonchev–Trinajstić information content (AvgIpc) is 3.30. The lowest BCUT2D eigenvalue weighted by molar-refractivity contribution is -0.142. The van der Waals surface area contributed by atoms with Crippen LogP contribution in [-0.4, -0.2) is 69.5 Å². The van der Waals surface area contributed by atoms with Crippen molar-refractivity contribution in [3.05, 3.63) is 65.9 Å². The van der Waals surface area contributed by atoms with E-state index in [0.717, 1.165) is 10.9 Å². The third-order valence-electron chi connectivity index (χ3n) is 5.92. The van der Waals surface area contributed by atoms with E-state index in [1.807, 2.05) is 24.3 Å². The minimum absolute atomic E-state index is 0.0128. The van der Waals surface area contributed by atoms with Crippen molar-refractivity contribution in [2.75, 3.05) is 6.54 Å². The van der Waals surface area contributed by atoms with Crippen LogP contribution in [0.5, 0.6) is 5.75 Å². The summed E-state index contributed by atoms with van der Waals surface area (Å²) in [5, 5.41) is 27.3. The van der Waals surface area contributed by atoms with Gasteiger partial charge >= 0.3 is 5.97 Å². The number of primary amides is 1.